The van der Waals surface area contributed by atoms with Crippen molar-refractivity contribution in [1.29, 1.82) is 0 Å². The van der Waals surface area contributed by atoms with E-state index in [1.54, 1.807) is 12.1 Å². The fourth-order valence-corrected chi connectivity index (χ4v) is 1.21. The molecule has 2 aromatic rings. The molecule has 1 radical (unpaired) electrons. The molecule has 2 rings (SSSR count). The molecular formula is C11H6F2N. The summed E-state index contributed by atoms with van der Waals surface area (Å²) in [5, 5.41) is 0. The number of nitrogens with zero attached hydrogens (tertiary/aromatic N) is 1. The van der Waals surface area contributed by atoms with Crippen LogP contribution in [0, 0.1) is 17.8 Å². The van der Waals surface area contributed by atoms with E-state index in [1.807, 2.05) is 0 Å². The summed E-state index contributed by atoms with van der Waals surface area (Å²) in [5.74, 6) is -1.23. The SMILES string of the molecule is Fc1cccc(F)c1-c1ccc[c]n1. The molecule has 69 valence electrons. The number of pyridine rings is 1. The van der Waals surface area contributed by atoms with Crippen molar-refractivity contribution in [3.05, 3.63) is 54.2 Å². The van der Waals surface area contributed by atoms with Crippen LogP contribution in [0.15, 0.2) is 36.4 Å². The monoisotopic (exact) mass is 190 g/mol. The van der Waals surface area contributed by atoms with Gasteiger partial charge >= 0.3 is 0 Å². The lowest BCUT2D eigenvalue weighted by Gasteiger charge is -2.02. The fourth-order valence-electron chi connectivity index (χ4n) is 1.21. The predicted molar refractivity (Wildman–Crippen MR) is 48.4 cm³/mol. The van der Waals surface area contributed by atoms with Gasteiger partial charge in [0.25, 0.3) is 0 Å². The van der Waals surface area contributed by atoms with E-state index < -0.39 is 11.6 Å². The van der Waals surface area contributed by atoms with E-state index in [-0.39, 0.29) is 11.3 Å². The van der Waals surface area contributed by atoms with Crippen LogP contribution >= 0.6 is 0 Å². The minimum absolute atomic E-state index is 0.107. The normalized spacial score (nSPS) is 10.1. The van der Waals surface area contributed by atoms with Crippen LogP contribution in [0.5, 0.6) is 0 Å². The van der Waals surface area contributed by atoms with Crippen LogP contribution in [0.25, 0.3) is 11.3 Å². The quantitative estimate of drug-likeness (QED) is 0.673. The third-order valence-electron chi connectivity index (χ3n) is 1.83. The Morgan fingerprint density at radius 3 is 2.29 bits per heavy atom. The largest absolute Gasteiger partial charge is 0.246 e. The molecule has 0 N–H and O–H groups in total. The molecule has 0 aliphatic rings. The highest BCUT2D eigenvalue weighted by molar-refractivity contribution is 5.60. The molecule has 0 aliphatic carbocycles. The molecule has 0 atom stereocenters. The summed E-state index contributed by atoms with van der Waals surface area (Å²) in [7, 11) is 0. The molecule has 0 spiro atoms. The smallest absolute Gasteiger partial charge is 0.135 e. The lowest BCUT2D eigenvalue weighted by atomic mass is 10.1. The molecule has 0 bridgehead atoms. The number of hydrogen-bond acceptors (Lipinski definition) is 1. The average molecular weight is 190 g/mol. The maximum Gasteiger partial charge on any atom is 0.135 e. The van der Waals surface area contributed by atoms with E-state index in [4.69, 9.17) is 0 Å². The molecule has 0 saturated carbocycles. The van der Waals surface area contributed by atoms with Crippen LogP contribution in [0.2, 0.25) is 0 Å². The Morgan fingerprint density at radius 1 is 1.00 bits per heavy atom. The molecule has 0 aliphatic heterocycles. The van der Waals surface area contributed by atoms with Gasteiger partial charge in [0.2, 0.25) is 0 Å². The van der Waals surface area contributed by atoms with Gasteiger partial charge in [0.05, 0.1) is 17.5 Å². The Bertz CT molecular complexity index is 420. The average Bonchev–Trinajstić information content (AvgIpc) is 2.19. The Hall–Kier alpha value is -1.77. The second kappa shape index (κ2) is 3.54. The van der Waals surface area contributed by atoms with Crippen molar-refractivity contribution >= 4 is 0 Å². The van der Waals surface area contributed by atoms with Gasteiger partial charge in [-0.25, -0.2) is 13.8 Å². The van der Waals surface area contributed by atoms with Gasteiger partial charge in [-0.05, 0) is 24.3 Å². The zero-order valence-electron chi connectivity index (χ0n) is 7.17. The van der Waals surface area contributed by atoms with E-state index in [9.17, 15) is 8.78 Å². The molecule has 0 unspecified atom stereocenters. The molecule has 0 amide bonds. The molecule has 3 heteroatoms. The molecule has 1 heterocycles. The molecule has 1 aromatic heterocycles. The van der Waals surface area contributed by atoms with Crippen molar-refractivity contribution in [3.63, 3.8) is 0 Å². The Morgan fingerprint density at radius 2 is 1.71 bits per heavy atom. The summed E-state index contributed by atoms with van der Waals surface area (Å²) in [6.45, 7) is 0. The van der Waals surface area contributed by atoms with Gasteiger partial charge in [-0.1, -0.05) is 12.1 Å². The maximum atomic E-state index is 13.2. The molecule has 0 saturated heterocycles. The maximum absolute atomic E-state index is 13.2. The summed E-state index contributed by atoms with van der Waals surface area (Å²) in [6, 6.07) is 8.47. The van der Waals surface area contributed by atoms with Gasteiger partial charge in [-0.15, -0.1) is 0 Å². The van der Waals surface area contributed by atoms with Gasteiger partial charge in [0.1, 0.15) is 11.6 Å². The van der Waals surface area contributed by atoms with Crippen LogP contribution < -0.4 is 0 Å². The Kier molecular flexibility index (Phi) is 2.23. The summed E-state index contributed by atoms with van der Waals surface area (Å²) in [6.07, 6.45) is 2.53. The van der Waals surface area contributed by atoms with E-state index in [0.29, 0.717) is 0 Å². The Labute approximate surface area is 80.0 Å². The second-order valence-electron chi connectivity index (χ2n) is 2.75. The highest BCUT2D eigenvalue weighted by Crippen LogP contribution is 2.23. The van der Waals surface area contributed by atoms with E-state index in [0.717, 1.165) is 0 Å². The lowest BCUT2D eigenvalue weighted by Crippen LogP contribution is -1.91. The van der Waals surface area contributed by atoms with Gasteiger partial charge in [-0.2, -0.15) is 0 Å². The van der Waals surface area contributed by atoms with E-state index in [2.05, 4.69) is 11.2 Å². The first-order chi connectivity index (χ1) is 6.79. The number of halogens is 2. The highest BCUT2D eigenvalue weighted by Gasteiger charge is 2.10. The Balaban J connectivity index is 2.63. The van der Waals surface area contributed by atoms with Crippen LogP contribution in [-0.4, -0.2) is 4.98 Å². The molecular weight excluding hydrogens is 184 g/mol. The van der Waals surface area contributed by atoms with Crippen LogP contribution in [-0.2, 0) is 0 Å². The minimum atomic E-state index is -0.614. The van der Waals surface area contributed by atoms with Crippen LogP contribution in [0.1, 0.15) is 0 Å². The fraction of sp³-hybridized carbons (Fsp3) is 0. The van der Waals surface area contributed by atoms with Gasteiger partial charge < -0.3 is 0 Å². The summed E-state index contributed by atoms with van der Waals surface area (Å²) >= 11 is 0. The van der Waals surface area contributed by atoms with Gasteiger partial charge in [0, 0.05) is 0 Å². The first-order valence-corrected chi connectivity index (χ1v) is 4.06. The van der Waals surface area contributed by atoms with Crippen molar-refractivity contribution in [2.75, 3.05) is 0 Å². The number of benzene rings is 1. The highest BCUT2D eigenvalue weighted by atomic mass is 19.1. The number of rotatable bonds is 1. The van der Waals surface area contributed by atoms with Gasteiger partial charge in [0.15, 0.2) is 0 Å². The van der Waals surface area contributed by atoms with Crippen LogP contribution in [0.4, 0.5) is 8.78 Å². The van der Waals surface area contributed by atoms with E-state index >= 15 is 0 Å². The van der Waals surface area contributed by atoms with Crippen molar-refractivity contribution in [3.8, 4) is 11.3 Å². The molecule has 1 nitrogen and oxygen atoms in total. The van der Waals surface area contributed by atoms with Crippen molar-refractivity contribution in [1.82, 2.24) is 4.98 Å². The lowest BCUT2D eigenvalue weighted by molar-refractivity contribution is 0.588. The van der Waals surface area contributed by atoms with Gasteiger partial charge in [-0.3, -0.25) is 0 Å². The van der Waals surface area contributed by atoms with Crippen LogP contribution in [0.3, 0.4) is 0 Å². The van der Waals surface area contributed by atoms with Crippen molar-refractivity contribution in [2.45, 2.75) is 0 Å². The second-order valence-corrected chi connectivity index (χ2v) is 2.75. The molecule has 1 aromatic carbocycles. The van der Waals surface area contributed by atoms with Crippen molar-refractivity contribution in [2.24, 2.45) is 0 Å². The predicted octanol–water partition coefficient (Wildman–Crippen LogP) is 2.83. The summed E-state index contributed by atoms with van der Waals surface area (Å²) in [4.78, 5) is 3.77. The molecule has 14 heavy (non-hydrogen) atoms. The third kappa shape index (κ3) is 1.48. The molecule has 0 fully saturated rings. The zero-order chi connectivity index (χ0) is 9.97. The van der Waals surface area contributed by atoms with E-state index in [1.165, 1.54) is 24.3 Å². The van der Waals surface area contributed by atoms with Crippen molar-refractivity contribution < 1.29 is 8.78 Å². The number of hydrogen-bond donors (Lipinski definition) is 0. The first kappa shape index (κ1) is 8.81. The summed E-state index contributed by atoms with van der Waals surface area (Å²) < 4.78 is 26.5. The topological polar surface area (TPSA) is 12.9 Å². The first-order valence-electron chi connectivity index (χ1n) is 4.06. The third-order valence-corrected chi connectivity index (χ3v) is 1.83. The zero-order valence-corrected chi connectivity index (χ0v) is 7.17. The number of aromatic nitrogens is 1. The standard InChI is InChI=1S/C11H6F2N/c12-8-4-3-5-9(13)11(8)10-6-1-2-7-14-10/h1-6H. The minimum Gasteiger partial charge on any atom is -0.246 e. The summed E-state index contributed by atoms with van der Waals surface area (Å²) in [5.41, 5.74) is 0.146.